The zero-order valence-corrected chi connectivity index (χ0v) is 16.2. The monoisotopic (exact) mass is 394 g/mol. The highest BCUT2D eigenvalue weighted by Crippen LogP contribution is 2.23. The van der Waals surface area contributed by atoms with Gasteiger partial charge in [-0.05, 0) is 30.7 Å². The van der Waals surface area contributed by atoms with Crippen molar-refractivity contribution >= 4 is 17.2 Å². The van der Waals surface area contributed by atoms with Crippen LogP contribution in [0.15, 0.2) is 89.7 Å². The third-order valence-electron chi connectivity index (χ3n) is 4.92. The van der Waals surface area contributed by atoms with E-state index >= 15 is 0 Å². The van der Waals surface area contributed by atoms with E-state index in [1.165, 1.54) is 0 Å². The number of anilines is 1. The van der Waals surface area contributed by atoms with Gasteiger partial charge in [0.15, 0.2) is 11.5 Å². The molecule has 0 saturated carbocycles. The molecule has 0 unspecified atom stereocenters. The lowest BCUT2D eigenvalue weighted by Crippen LogP contribution is -2.11. The predicted molar refractivity (Wildman–Crippen MR) is 115 cm³/mol. The summed E-state index contributed by atoms with van der Waals surface area (Å²) in [6.07, 6.45) is 3.98. The molecule has 5 aromatic rings. The van der Waals surface area contributed by atoms with Crippen LogP contribution < -0.4 is 5.32 Å². The molecule has 0 aliphatic carbocycles. The molecule has 146 valence electrons. The van der Waals surface area contributed by atoms with Gasteiger partial charge in [-0.25, -0.2) is 4.98 Å². The Bertz CT molecular complexity index is 1330. The Morgan fingerprint density at radius 1 is 0.967 bits per heavy atom. The van der Waals surface area contributed by atoms with Crippen LogP contribution in [0.5, 0.6) is 0 Å². The molecule has 0 fully saturated rings. The van der Waals surface area contributed by atoms with Gasteiger partial charge < -0.3 is 14.2 Å². The second-order valence-corrected chi connectivity index (χ2v) is 7.02. The summed E-state index contributed by atoms with van der Waals surface area (Å²) in [7, 11) is 0. The number of nitrogens with one attached hydrogen (secondary N) is 1. The molecule has 2 aromatic carbocycles. The number of hydrogen-bond donors (Lipinski definition) is 1. The van der Waals surface area contributed by atoms with E-state index in [0.29, 0.717) is 11.4 Å². The van der Waals surface area contributed by atoms with Crippen LogP contribution in [-0.4, -0.2) is 20.4 Å². The molecule has 30 heavy (non-hydrogen) atoms. The van der Waals surface area contributed by atoms with Crippen molar-refractivity contribution in [2.24, 2.45) is 0 Å². The molecule has 0 atom stereocenters. The average Bonchev–Trinajstić information content (AvgIpc) is 3.43. The van der Waals surface area contributed by atoms with Crippen LogP contribution in [0.1, 0.15) is 16.1 Å². The highest BCUT2D eigenvalue weighted by atomic mass is 16.5. The van der Waals surface area contributed by atoms with Crippen LogP contribution in [0.25, 0.3) is 28.2 Å². The van der Waals surface area contributed by atoms with E-state index in [2.05, 4.69) is 10.5 Å². The van der Waals surface area contributed by atoms with Gasteiger partial charge in [0, 0.05) is 35.3 Å². The summed E-state index contributed by atoms with van der Waals surface area (Å²) < 4.78 is 7.31. The Kier molecular flexibility index (Phi) is 4.37. The number of aromatic nitrogens is 3. The van der Waals surface area contributed by atoms with Gasteiger partial charge in [0.1, 0.15) is 5.65 Å². The molecule has 3 heterocycles. The Balaban J connectivity index is 1.33. The van der Waals surface area contributed by atoms with Crippen LogP contribution in [0.2, 0.25) is 0 Å². The summed E-state index contributed by atoms with van der Waals surface area (Å²) in [6.45, 7) is 2.04. The summed E-state index contributed by atoms with van der Waals surface area (Å²) in [5.41, 5.74) is 5.69. The van der Waals surface area contributed by atoms with Crippen LogP contribution in [0.3, 0.4) is 0 Å². The maximum Gasteiger partial charge on any atom is 0.277 e. The van der Waals surface area contributed by atoms with Gasteiger partial charge in [-0.2, -0.15) is 0 Å². The number of imidazole rings is 1. The number of fused-ring (bicyclic) bond motifs is 1. The Hall–Kier alpha value is -4.19. The number of hydrogen-bond acceptors (Lipinski definition) is 4. The number of amides is 1. The minimum Gasteiger partial charge on any atom is -0.355 e. The molecule has 3 aromatic heterocycles. The number of carbonyl (C=O) groups is 1. The highest BCUT2D eigenvalue weighted by Gasteiger charge is 2.14. The fraction of sp³-hybridized carbons (Fsp3) is 0.0417. The van der Waals surface area contributed by atoms with E-state index in [9.17, 15) is 4.79 Å². The van der Waals surface area contributed by atoms with E-state index < -0.39 is 0 Å². The van der Waals surface area contributed by atoms with Crippen LogP contribution in [0.4, 0.5) is 5.69 Å². The first-order chi connectivity index (χ1) is 14.7. The van der Waals surface area contributed by atoms with Crippen LogP contribution >= 0.6 is 0 Å². The van der Waals surface area contributed by atoms with Crippen molar-refractivity contribution in [3.8, 4) is 22.6 Å². The molecule has 0 aliphatic rings. The first-order valence-corrected chi connectivity index (χ1v) is 9.56. The second kappa shape index (κ2) is 7.33. The van der Waals surface area contributed by atoms with Crippen molar-refractivity contribution in [3.63, 3.8) is 0 Å². The molecule has 6 heteroatoms. The SMILES string of the molecule is Cc1cccn2cc(-c3ccc(NC(=O)c4cc(-c5ccccc5)on4)cc3)nc12. The molecule has 0 radical (unpaired) electrons. The molecule has 0 saturated heterocycles. The van der Waals surface area contributed by atoms with E-state index in [1.54, 1.807) is 6.07 Å². The van der Waals surface area contributed by atoms with Gasteiger partial charge in [0.05, 0.1) is 5.69 Å². The fourth-order valence-electron chi connectivity index (χ4n) is 3.33. The third-order valence-corrected chi connectivity index (χ3v) is 4.92. The molecular weight excluding hydrogens is 376 g/mol. The number of aryl methyl sites for hydroxylation is 1. The summed E-state index contributed by atoms with van der Waals surface area (Å²) in [6, 6.07) is 22.8. The Morgan fingerprint density at radius 2 is 1.77 bits per heavy atom. The molecular formula is C24H18N4O2. The summed E-state index contributed by atoms with van der Waals surface area (Å²) in [4.78, 5) is 17.2. The summed E-state index contributed by atoms with van der Waals surface area (Å²) in [5, 5.41) is 6.74. The van der Waals surface area contributed by atoms with Crippen molar-refractivity contribution in [3.05, 3.63) is 96.4 Å². The number of pyridine rings is 1. The minimum absolute atomic E-state index is 0.230. The Labute approximate surface area is 172 Å². The molecule has 0 aliphatic heterocycles. The first kappa shape index (κ1) is 17.9. The average molecular weight is 394 g/mol. The number of benzene rings is 2. The van der Waals surface area contributed by atoms with Gasteiger partial charge in [0.25, 0.3) is 5.91 Å². The molecule has 5 rings (SSSR count). The van der Waals surface area contributed by atoms with Crippen molar-refractivity contribution in [1.82, 2.24) is 14.5 Å². The smallest absolute Gasteiger partial charge is 0.277 e. The predicted octanol–water partition coefficient (Wildman–Crippen LogP) is 5.22. The third kappa shape index (κ3) is 3.35. The first-order valence-electron chi connectivity index (χ1n) is 9.56. The molecule has 6 nitrogen and oxygen atoms in total. The maximum atomic E-state index is 12.5. The number of carbonyl (C=O) groups excluding carboxylic acids is 1. The molecule has 0 spiro atoms. The fourth-order valence-corrected chi connectivity index (χ4v) is 3.33. The van der Waals surface area contributed by atoms with Crippen LogP contribution in [0, 0.1) is 6.92 Å². The van der Waals surface area contributed by atoms with E-state index in [1.807, 2.05) is 90.4 Å². The molecule has 1 N–H and O–H groups in total. The van der Waals surface area contributed by atoms with E-state index in [4.69, 9.17) is 9.51 Å². The van der Waals surface area contributed by atoms with Gasteiger partial charge in [-0.15, -0.1) is 0 Å². The van der Waals surface area contributed by atoms with Gasteiger partial charge in [0.2, 0.25) is 0 Å². The van der Waals surface area contributed by atoms with Gasteiger partial charge in [-0.1, -0.05) is 53.7 Å². The van der Waals surface area contributed by atoms with Crippen molar-refractivity contribution in [2.45, 2.75) is 6.92 Å². The highest BCUT2D eigenvalue weighted by molar-refractivity contribution is 6.03. The lowest BCUT2D eigenvalue weighted by atomic mass is 10.1. The zero-order chi connectivity index (χ0) is 20.5. The van der Waals surface area contributed by atoms with Crippen molar-refractivity contribution < 1.29 is 9.32 Å². The largest absolute Gasteiger partial charge is 0.355 e. The zero-order valence-electron chi connectivity index (χ0n) is 16.2. The lowest BCUT2D eigenvalue weighted by molar-refractivity contribution is 0.101. The van der Waals surface area contributed by atoms with Gasteiger partial charge in [-0.3, -0.25) is 4.79 Å². The molecule has 1 amide bonds. The van der Waals surface area contributed by atoms with E-state index in [-0.39, 0.29) is 11.6 Å². The number of rotatable bonds is 4. The maximum absolute atomic E-state index is 12.5. The van der Waals surface area contributed by atoms with Gasteiger partial charge >= 0.3 is 0 Å². The minimum atomic E-state index is -0.322. The number of nitrogens with zero attached hydrogens (tertiary/aromatic N) is 3. The summed E-state index contributed by atoms with van der Waals surface area (Å²) in [5.74, 6) is 0.232. The van der Waals surface area contributed by atoms with E-state index in [0.717, 1.165) is 28.0 Å². The normalized spacial score (nSPS) is 11.0. The second-order valence-electron chi connectivity index (χ2n) is 7.02. The topological polar surface area (TPSA) is 72.4 Å². The van der Waals surface area contributed by atoms with Crippen LogP contribution in [-0.2, 0) is 0 Å². The standard InChI is InChI=1S/C24H18N4O2/c1-16-6-5-13-28-15-21(26-23(16)28)17-9-11-19(12-10-17)25-24(29)20-14-22(30-27-20)18-7-3-2-4-8-18/h2-15H,1H3,(H,25,29). The summed E-state index contributed by atoms with van der Waals surface area (Å²) >= 11 is 0. The quantitative estimate of drug-likeness (QED) is 0.454. The molecule has 0 bridgehead atoms. The van der Waals surface area contributed by atoms with Crippen molar-refractivity contribution in [2.75, 3.05) is 5.32 Å². The Morgan fingerprint density at radius 3 is 2.53 bits per heavy atom. The van der Waals surface area contributed by atoms with Crippen molar-refractivity contribution in [1.29, 1.82) is 0 Å². The lowest BCUT2D eigenvalue weighted by Gasteiger charge is -2.03.